The second kappa shape index (κ2) is 11.9. The van der Waals surface area contributed by atoms with Crippen LogP contribution in [-0.2, 0) is 0 Å². The fraction of sp³-hybridized carbons (Fsp3) is 0.773. The van der Waals surface area contributed by atoms with Crippen LogP contribution < -0.4 is 10.6 Å². The van der Waals surface area contributed by atoms with Crippen LogP contribution in [0.25, 0.3) is 0 Å². The Morgan fingerprint density at radius 2 is 1.97 bits per heavy atom. The molecule has 2 fully saturated rings. The Morgan fingerprint density at radius 3 is 2.69 bits per heavy atom. The zero-order valence-electron chi connectivity index (χ0n) is 18.6. The molecule has 29 heavy (non-hydrogen) atoms. The molecule has 7 heteroatoms. The van der Waals surface area contributed by atoms with Gasteiger partial charge in [0.25, 0.3) is 0 Å². The topological polar surface area (TPSA) is 46.1 Å². The van der Waals surface area contributed by atoms with E-state index in [1.807, 2.05) is 18.4 Å². The maximum atomic E-state index is 4.44. The van der Waals surface area contributed by atoms with E-state index < -0.39 is 0 Å². The van der Waals surface area contributed by atoms with Crippen LogP contribution in [0.1, 0.15) is 36.6 Å². The van der Waals surface area contributed by atoms with Crippen molar-refractivity contribution in [3.63, 3.8) is 0 Å². The number of hydrogen-bond donors (Lipinski definition) is 2. The predicted octanol–water partition coefficient (Wildman–Crippen LogP) is 2.32. The van der Waals surface area contributed by atoms with Crippen molar-refractivity contribution >= 4 is 17.3 Å². The van der Waals surface area contributed by atoms with Gasteiger partial charge in [0.05, 0.1) is 0 Å². The Bertz CT molecular complexity index is 596. The Hall–Kier alpha value is -1.15. The van der Waals surface area contributed by atoms with Crippen molar-refractivity contribution in [1.29, 1.82) is 0 Å². The number of unbranched alkanes of at least 4 members (excludes halogenated alkanes) is 1. The van der Waals surface area contributed by atoms with Crippen molar-refractivity contribution in [2.24, 2.45) is 10.9 Å². The Labute approximate surface area is 181 Å². The predicted molar refractivity (Wildman–Crippen MR) is 125 cm³/mol. The first-order valence-corrected chi connectivity index (χ1v) is 12.1. The molecule has 6 nitrogen and oxygen atoms in total. The smallest absolute Gasteiger partial charge is 0.190 e. The fourth-order valence-electron chi connectivity index (χ4n) is 4.57. The lowest BCUT2D eigenvalue weighted by atomic mass is 9.88. The molecule has 2 atom stereocenters. The molecule has 0 radical (unpaired) electrons. The van der Waals surface area contributed by atoms with E-state index in [4.69, 9.17) is 0 Å². The minimum atomic E-state index is 0.526. The van der Waals surface area contributed by atoms with Crippen LogP contribution in [0, 0.1) is 5.92 Å². The number of hydrogen-bond acceptors (Lipinski definition) is 5. The molecule has 2 saturated heterocycles. The molecular weight excluding hydrogens is 380 g/mol. The van der Waals surface area contributed by atoms with Gasteiger partial charge in [0, 0.05) is 57.2 Å². The van der Waals surface area contributed by atoms with Crippen molar-refractivity contribution in [3.05, 3.63) is 22.4 Å². The first kappa shape index (κ1) is 22.5. The van der Waals surface area contributed by atoms with Crippen molar-refractivity contribution in [3.8, 4) is 0 Å². The summed E-state index contributed by atoms with van der Waals surface area (Å²) in [6.07, 6.45) is 5.00. The minimum absolute atomic E-state index is 0.526. The van der Waals surface area contributed by atoms with Crippen LogP contribution in [-0.4, -0.2) is 94.2 Å². The van der Waals surface area contributed by atoms with Gasteiger partial charge in [-0.05, 0) is 70.2 Å². The molecule has 2 aliphatic rings. The SMILES string of the molecule is CN=C(NCCCCN1CCN(C)CC1)NCC1CCCN(C)C1c1cccs1. The van der Waals surface area contributed by atoms with Gasteiger partial charge in [-0.2, -0.15) is 0 Å². The maximum absolute atomic E-state index is 4.44. The molecule has 2 N–H and O–H groups in total. The molecule has 164 valence electrons. The highest BCUT2D eigenvalue weighted by Crippen LogP contribution is 2.36. The largest absolute Gasteiger partial charge is 0.356 e. The molecule has 3 rings (SSSR count). The second-order valence-electron chi connectivity index (χ2n) is 8.58. The van der Waals surface area contributed by atoms with E-state index in [0.717, 1.165) is 19.0 Å². The Morgan fingerprint density at radius 1 is 1.14 bits per heavy atom. The van der Waals surface area contributed by atoms with E-state index in [1.54, 1.807) is 0 Å². The number of guanidine groups is 1. The van der Waals surface area contributed by atoms with Gasteiger partial charge in [0.1, 0.15) is 0 Å². The summed E-state index contributed by atoms with van der Waals surface area (Å²) in [5, 5.41) is 9.31. The van der Waals surface area contributed by atoms with Gasteiger partial charge < -0.3 is 20.4 Å². The molecule has 0 aromatic carbocycles. The summed E-state index contributed by atoms with van der Waals surface area (Å²) in [5.74, 6) is 1.57. The summed E-state index contributed by atoms with van der Waals surface area (Å²) in [4.78, 5) is 13.5. The Kier molecular flexibility index (Phi) is 9.24. The third kappa shape index (κ3) is 6.95. The molecule has 0 spiro atoms. The standard InChI is InChI=1S/C22H40N6S/c1-23-22(24-10-4-5-12-28-15-13-26(2)14-16-28)25-18-19-8-6-11-27(3)21(19)20-9-7-17-29-20/h7,9,17,19,21H,4-6,8,10-16,18H2,1-3H3,(H2,23,24,25). The van der Waals surface area contributed by atoms with Gasteiger partial charge in [-0.1, -0.05) is 6.07 Å². The zero-order chi connectivity index (χ0) is 20.5. The van der Waals surface area contributed by atoms with Crippen LogP contribution in [0.15, 0.2) is 22.5 Å². The van der Waals surface area contributed by atoms with Gasteiger partial charge in [0.2, 0.25) is 0 Å². The number of nitrogens with one attached hydrogen (secondary N) is 2. The van der Waals surface area contributed by atoms with Gasteiger partial charge in [0.15, 0.2) is 5.96 Å². The molecule has 0 bridgehead atoms. The zero-order valence-corrected chi connectivity index (χ0v) is 19.4. The molecule has 2 unspecified atom stereocenters. The average Bonchev–Trinajstić information content (AvgIpc) is 3.25. The molecule has 1 aromatic heterocycles. The minimum Gasteiger partial charge on any atom is -0.356 e. The molecule has 0 amide bonds. The van der Waals surface area contributed by atoms with Crippen molar-refractivity contribution in [1.82, 2.24) is 25.3 Å². The molecule has 0 saturated carbocycles. The third-order valence-corrected chi connectivity index (χ3v) is 7.33. The number of thiophene rings is 1. The first-order valence-electron chi connectivity index (χ1n) is 11.3. The average molecular weight is 421 g/mol. The number of nitrogens with zero attached hydrogens (tertiary/aromatic N) is 4. The summed E-state index contributed by atoms with van der Waals surface area (Å²) in [6, 6.07) is 4.99. The summed E-state index contributed by atoms with van der Waals surface area (Å²) >= 11 is 1.89. The number of piperidine rings is 1. The molecular formula is C22H40N6S. The lowest BCUT2D eigenvalue weighted by molar-refractivity contribution is 0.125. The maximum Gasteiger partial charge on any atom is 0.190 e. The summed E-state index contributed by atoms with van der Waals surface area (Å²) in [5.41, 5.74) is 0. The summed E-state index contributed by atoms with van der Waals surface area (Å²) in [6.45, 7) is 9.23. The van der Waals surface area contributed by atoms with Crippen LogP contribution in [0.3, 0.4) is 0 Å². The van der Waals surface area contributed by atoms with Crippen molar-refractivity contribution in [2.45, 2.75) is 31.7 Å². The van der Waals surface area contributed by atoms with E-state index in [0.29, 0.717) is 12.0 Å². The summed E-state index contributed by atoms with van der Waals surface area (Å²) in [7, 11) is 6.36. The lowest BCUT2D eigenvalue weighted by Gasteiger charge is -2.39. The van der Waals surface area contributed by atoms with Crippen LogP contribution in [0.4, 0.5) is 0 Å². The number of rotatable bonds is 8. The molecule has 1 aromatic rings. The van der Waals surface area contributed by atoms with Crippen molar-refractivity contribution < 1.29 is 0 Å². The van der Waals surface area contributed by atoms with Gasteiger partial charge >= 0.3 is 0 Å². The van der Waals surface area contributed by atoms with E-state index in [-0.39, 0.29) is 0 Å². The highest BCUT2D eigenvalue weighted by atomic mass is 32.1. The van der Waals surface area contributed by atoms with Crippen LogP contribution in [0.5, 0.6) is 0 Å². The number of piperazine rings is 1. The molecule has 2 aliphatic heterocycles. The molecule has 3 heterocycles. The quantitative estimate of drug-likeness (QED) is 0.384. The van der Waals surface area contributed by atoms with Gasteiger partial charge in [-0.15, -0.1) is 11.3 Å². The first-order chi connectivity index (χ1) is 14.2. The normalized spacial score (nSPS) is 25.3. The number of aliphatic imine (C=N–C) groups is 1. The van der Waals surface area contributed by atoms with E-state index in [1.165, 1.54) is 69.8 Å². The van der Waals surface area contributed by atoms with E-state index in [2.05, 4.69) is 61.9 Å². The third-order valence-electron chi connectivity index (χ3n) is 6.39. The van der Waals surface area contributed by atoms with E-state index in [9.17, 15) is 0 Å². The molecule has 0 aliphatic carbocycles. The lowest BCUT2D eigenvalue weighted by Crippen LogP contribution is -2.45. The van der Waals surface area contributed by atoms with Crippen molar-refractivity contribution in [2.75, 3.05) is 73.5 Å². The highest BCUT2D eigenvalue weighted by molar-refractivity contribution is 7.10. The van der Waals surface area contributed by atoms with Crippen LogP contribution in [0.2, 0.25) is 0 Å². The van der Waals surface area contributed by atoms with Gasteiger partial charge in [-0.25, -0.2) is 0 Å². The number of likely N-dealkylation sites (N-methyl/N-ethyl adjacent to an activating group) is 1. The van der Waals surface area contributed by atoms with Gasteiger partial charge in [-0.3, -0.25) is 9.89 Å². The van der Waals surface area contributed by atoms with E-state index >= 15 is 0 Å². The number of likely N-dealkylation sites (tertiary alicyclic amines) is 1. The highest BCUT2D eigenvalue weighted by Gasteiger charge is 2.31. The van der Waals surface area contributed by atoms with Crippen LogP contribution >= 0.6 is 11.3 Å². The Balaban J connectivity index is 1.35. The monoisotopic (exact) mass is 420 g/mol. The summed E-state index contributed by atoms with van der Waals surface area (Å²) < 4.78 is 0. The second-order valence-corrected chi connectivity index (χ2v) is 9.55. The fourth-order valence-corrected chi connectivity index (χ4v) is 5.55.